The second-order valence-electron chi connectivity index (χ2n) is 15.7. The van der Waals surface area contributed by atoms with E-state index < -0.39 is 0 Å². The average molecular weight is 798 g/mol. The van der Waals surface area contributed by atoms with Gasteiger partial charge in [-0.2, -0.15) is 0 Å². The zero-order chi connectivity index (χ0) is 39.8. The molecule has 0 spiro atoms. The standard InChI is InChI=1S/C54H31N5OS/c1-5-20-41-36(15-1)37-16-2-6-21-42(37)57(41)34-29-27-32(28-30-34)49-52-50(39-18-4-9-24-45(39)60-52)56-53(55-49)33-13-11-14-35(31-33)58-43-22-7-3-17-38(43)48-40-19-12-26-47-51(40)59(54(48)58)44-23-8-10-25-46(44)61-47/h1-31H. The third-order valence-electron chi connectivity index (χ3n) is 12.4. The van der Waals surface area contributed by atoms with Gasteiger partial charge in [0.25, 0.3) is 0 Å². The minimum absolute atomic E-state index is 0.640. The predicted molar refractivity (Wildman–Crippen MR) is 250 cm³/mol. The van der Waals surface area contributed by atoms with Crippen LogP contribution >= 0.6 is 11.8 Å². The fraction of sp³-hybridized carbons (Fsp3) is 0. The molecule has 1 aliphatic heterocycles. The maximum Gasteiger partial charge on any atom is 0.180 e. The first-order valence-corrected chi connectivity index (χ1v) is 21.3. The number of rotatable bonds is 4. The highest BCUT2D eigenvalue weighted by Crippen LogP contribution is 2.49. The smallest absolute Gasteiger partial charge is 0.180 e. The molecule has 0 fully saturated rings. The Morgan fingerprint density at radius 1 is 0.443 bits per heavy atom. The van der Waals surface area contributed by atoms with Crippen LogP contribution in [0.4, 0.5) is 0 Å². The number of fused-ring (bicyclic) bond motifs is 13. The van der Waals surface area contributed by atoms with Crippen LogP contribution < -0.4 is 0 Å². The molecule has 0 aliphatic carbocycles. The van der Waals surface area contributed by atoms with Crippen molar-refractivity contribution in [3.8, 4) is 39.7 Å². The SMILES string of the molecule is c1cc(-c2nc(-c3ccc(-n4c5ccccc5c5ccccc54)cc3)c3oc4ccccc4c3n2)cc(-n2c3ccccc3c3c4cccc5c4n(c32)-c2ccccc2S5)c1. The molecular formula is C54H31N5OS. The Bertz CT molecular complexity index is 3930. The molecule has 13 aromatic rings. The van der Waals surface area contributed by atoms with Gasteiger partial charge in [0.05, 0.1) is 27.8 Å². The lowest BCUT2D eigenvalue weighted by molar-refractivity contribution is 0.667. The Labute approximate surface area is 352 Å². The predicted octanol–water partition coefficient (Wildman–Crippen LogP) is 14.3. The van der Waals surface area contributed by atoms with Gasteiger partial charge < -0.3 is 8.98 Å². The summed E-state index contributed by atoms with van der Waals surface area (Å²) in [5, 5.41) is 7.17. The topological polar surface area (TPSA) is 53.7 Å². The monoisotopic (exact) mass is 797 g/mol. The number of hydrogen-bond donors (Lipinski definition) is 0. The minimum atomic E-state index is 0.640. The van der Waals surface area contributed by atoms with Gasteiger partial charge in [-0.25, -0.2) is 9.97 Å². The van der Waals surface area contributed by atoms with E-state index in [1.807, 2.05) is 30.0 Å². The normalized spacial score (nSPS) is 12.5. The Morgan fingerprint density at radius 2 is 1.08 bits per heavy atom. The van der Waals surface area contributed by atoms with Crippen LogP contribution in [0.15, 0.2) is 202 Å². The summed E-state index contributed by atoms with van der Waals surface area (Å²) in [6.07, 6.45) is 0. The van der Waals surface area contributed by atoms with Crippen LogP contribution in [-0.2, 0) is 0 Å². The number of para-hydroxylation sites is 6. The molecule has 0 amide bonds. The molecule has 6 nitrogen and oxygen atoms in total. The fourth-order valence-corrected chi connectivity index (χ4v) is 11.0. The molecule has 6 heterocycles. The van der Waals surface area contributed by atoms with Crippen molar-refractivity contribution < 1.29 is 4.42 Å². The van der Waals surface area contributed by atoms with Gasteiger partial charge >= 0.3 is 0 Å². The van der Waals surface area contributed by atoms with Crippen molar-refractivity contribution >= 4 is 88.5 Å². The number of benzene rings is 8. The molecule has 0 radical (unpaired) electrons. The van der Waals surface area contributed by atoms with Gasteiger partial charge in [-0.1, -0.05) is 127 Å². The summed E-state index contributed by atoms with van der Waals surface area (Å²) < 4.78 is 13.8. The van der Waals surface area contributed by atoms with E-state index in [0.29, 0.717) is 11.4 Å². The van der Waals surface area contributed by atoms with E-state index in [4.69, 9.17) is 14.4 Å². The average Bonchev–Trinajstić information content (AvgIpc) is 4.06. The summed E-state index contributed by atoms with van der Waals surface area (Å²) in [7, 11) is 0. The van der Waals surface area contributed by atoms with E-state index in [2.05, 4.69) is 184 Å². The minimum Gasteiger partial charge on any atom is -0.452 e. The van der Waals surface area contributed by atoms with Crippen LogP contribution in [0.25, 0.3) is 116 Å². The second-order valence-corrected chi connectivity index (χ2v) is 16.8. The van der Waals surface area contributed by atoms with E-state index in [-0.39, 0.29) is 0 Å². The third-order valence-corrected chi connectivity index (χ3v) is 13.6. The fourth-order valence-electron chi connectivity index (χ4n) is 9.86. The largest absolute Gasteiger partial charge is 0.452 e. The van der Waals surface area contributed by atoms with E-state index in [1.54, 1.807) is 0 Å². The lowest BCUT2D eigenvalue weighted by atomic mass is 10.1. The molecular weight excluding hydrogens is 767 g/mol. The highest BCUT2D eigenvalue weighted by Gasteiger charge is 2.28. The van der Waals surface area contributed by atoms with Crippen LogP contribution in [0.1, 0.15) is 0 Å². The quantitative estimate of drug-likeness (QED) is 0.178. The molecule has 0 saturated carbocycles. The van der Waals surface area contributed by atoms with Crippen LogP contribution in [0.5, 0.6) is 0 Å². The highest BCUT2D eigenvalue weighted by atomic mass is 32.2. The first-order valence-electron chi connectivity index (χ1n) is 20.5. The van der Waals surface area contributed by atoms with Crippen LogP contribution in [0, 0.1) is 0 Å². The molecule has 5 aromatic heterocycles. The van der Waals surface area contributed by atoms with Gasteiger partial charge in [0.1, 0.15) is 22.4 Å². The number of furan rings is 1. The van der Waals surface area contributed by atoms with E-state index in [9.17, 15) is 0 Å². The van der Waals surface area contributed by atoms with Crippen molar-refractivity contribution in [3.63, 3.8) is 0 Å². The lowest BCUT2D eigenvalue weighted by Gasteiger charge is -2.21. The lowest BCUT2D eigenvalue weighted by Crippen LogP contribution is -2.05. The molecule has 61 heavy (non-hydrogen) atoms. The molecule has 0 unspecified atom stereocenters. The van der Waals surface area contributed by atoms with Crippen molar-refractivity contribution in [3.05, 3.63) is 188 Å². The first kappa shape index (κ1) is 33.0. The van der Waals surface area contributed by atoms with Gasteiger partial charge in [0.15, 0.2) is 11.4 Å². The van der Waals surface area contributed by atoms with Gasteiger partial charge in [-0.15, -0.1) is 0 Å². The molecule has 0 bridgehead atoms. The summed E-state index contributed by atoms with van der Waals surface area (Å²) in [5.74, 6) is 0.640. The van der Waals surface area contributed by atoms with E-state index in [1.165, 1.54) is 59.0 Å². The molecule has 14 rings (SSSR count). The number of nitrogens with zero attached hydrogens (tertiary/aromatic N) is 5. The van der Waals surface area contributed by atoms with Gasteiger partial charge in [-0.3, -0.25) is 9.13 Å². The zero-order valence-electron chi connectivity index (χ0n) is 32.5. The van der Waals surface area contributed by atoms with Crippen molar-refractivity contribution in [1.82, 2.24) is 23.7 Å². The second kappa shape index (κ2) is 12.3. The molecule has 8 aromatic carbocycles. The van der Waals surface area contributed by atoms with Crippen molar-refractivity contribution in [2.75, 3.05) is 0 Å². The van der Waals surface area contributed by atoms with Crippen LogP contribution in [0.2, 0.25) is 0 Å². The van der Waals surface area contributed by atoms with Crippen molar-refractivity contribution in [2.45, 2.75) is 9.79 Å². The van der Waals surface area contributed by atoms with Crippen molar-refractivity contribution in [1.29, 1.82) is 0 Å². The molecule has 0 N–H and O–H groups in total. The third kappa shape index (κ3) is 4.58. The Morgan fingerprint density at radius 3 is 1.89 bits per heavy atom. The van der Waals surface area contributed by atoms with Gasteiger partial charge in [-0.05, 0) is 72.8 Å². The van der Waals surface area contributed by atoms with Crippen molar-refractivity contribution in [2.24, 2.45) is 0 Å². The summed E-state index contributed by atoms with van der Waals surface area (Å²) in [6, 6.07) is 66.9. The molecule has 284 valence electrons. The molecule has 7 heteroatoms. The maximum atomic E-state index is 6.59. The van der Waals surface area contributed by atoms with Gasteiger partial charge in [0.2, 0.25) is 0 Å². The Balaban J connectivity index is 0.978. The van der Waals surface area contributed by atoms with Gasteiger partial charge in [0, 0.05) is 64.6 Å². The first-order chi connectivity index (χ1) is 30.3. The Kier molecular flexibility index (Phi) is 6.67. The molecule has 0 saturated heterocycles. The number of hydrogen-bond acceptors (Lipinski definition) is 4. The number of aromatic nitrogens is 5. The van der Waals surface area contributed by atoms with E-state index in [0.717, 1.165) is 55.8 Å². The maximum absolute atomic E-state index is 6.59. The van der Waals surface area contributed by atoms with Crippen LogP contribution in [-0.4, -0.2) is 23.7 Å². The molecule has 1 aliphatic rings. The summed E-state index contributed by atoms with van der Waals surface area (Å²) in [4.78, 5) is 13.2. The summed E-state index contributed by atoms with van der Waals surface area (Å²) in [5.41, 5.74) is 14.1. The van der Waals surface area contributed by atoms with E-state index >= 15 is 0 Å². The Hall–Kier alpha value is -7.87. The summed E-state index contributed by atoms with van der Waals surface area (Å²) in [6.45, 7) is 0. The molecule has 0 atom stereocenters. The van der Waals surface area contributed by atoms with Crippen LogP contribution in [0.3, 0.4) is 0 Å². The zero-order valence-corrected chi connectivity index (χ0v) is 33.3. The summed E-state index contributed by atoms with van der Waals surface area (Å²) >= 11 is 1.85. The highest BCUT2D eigenvalue weighted by molar-refractivity contribution is 7.99.